The van der Waals surface area contributed by atoms with Crippen molar-refractivity contribution < 1.29 is 4.79 Å². The number of rotatable bonds is 7. The first-order chi connectivity index (χ1) is 12.0. The third-order valence-corrected chi connectivity index (χ3v) is 5.82. The van der Waals surface area contributed by atoms with Gasteiger partial charge < -0.3 is 16.0 Å². The Hall–Kier alpha value is -1.56. The Bertz CT molecular complexity index is 548. The molecule has 3 N–H and O–H groups in total. The summed E-state index contributed by atoms with van der Waals surface area (Å²) >= 11 is 1.77. The monoisotopic (exact) mass is 364 g/mol. The number of carbonyl (C=O) groups is 1. The van der Waals surface area contributed by atoms with Crippen molar-refractivity contribution in [3.63, 3.8) is 0 Å². The molecule has 1 aromatic heterocycles. The van der Waals surface area contributed by atoms with Gasteiger partial charge in [-0.25, -0.2) is 4.99 Å². The van der Waals surface area contributed by atoms with Crippen LogP contribution in [0.1, 0.15) is 57.8 Å². The van der Waals surface area contributed by atoms with Crippen LogP contribution >= 0.6 is 11.3 Å². The normalized spacial score (nSPS) is 16.5. The van der Waals surface area contributed by atoms with Gasteiger partial charge in [0.25, 0.3) is 0 Å². The van der Waals surface area contributed by atoms with Crippen molar-refractivity contribution >= 4 is 23.2 Å². The molecule has 1 aromatic rings. The van der Waals surface area contributed by atoms with Gasteiger partial charge in [-0.1, -0.05) is 39.2 Å². The smallest absolute Gasteiger partial charge is 0.242 e. The van der Waals surface area contributed by atoms with E-state index in [-0.39, 0.29) is 17.9 Å². The predicted octanol–water partition coefficient (Wildman–Crippen LogP) is 3.03. The van der Waals surface area contributed by atoms with Crippen molar-refractivity contribution in [2.45, 2.75) is 64.3 Å². The SMILES string of the molecule is CCNC(=NCC(=O)NC1CCCCC1)NCC(C)(C)c1cccs1. The molecule has 5 nitrogen and oxygen atoms in total. The molecule has 0 aromatic carbocycles. The molecule has 0 spiro atoms. The topological polar surface area (TPSA) is 65.5 Å². The first-order valence-electron chi connectivity index (χ1n) is 9.37. The third kappa shape index (κ3) is 6.69. The highest BCUT2D eigenvalue weighted by Gasteiger charge is 2.22. The molecule has 1 aliphatic carbocycles. The molecule has 6 heteroatoms. The van der Waals surface area contributed by atoms with Crippen LogP contribution in [-0.2, 0) is 10.2 Å². The predicted molar refractivity (Wildman–Crippen MR) is 106 cm³/mol. The highest BCUT2D eigenvalue weighted by Crippen LogP contribution is 2.26. The summed E-state index contributed by atoms with van der Waals surface area (Å²) < 4.78 is 0. The Morgan fingerprint density at radius 1 is 1.28 bits per heavy atom. The van der Waals surface area contributed by atoms with Crippen molar-refractivity contribution in [3.8, 4) is 0 Å². The molecular weight excluding hydrogens is 332 g/mol. The van der Waals surface area contributed by atoms with Gasteiger partial charge in [-0.05, 0) is 31.2 Å². The van der Waals surface area contributed by atoms with Gasteiger partial charge in [0, 0.05) is 29.4 Å². The fourth-order valence-corrected chi connectivity index (χ4v) is 3.92. The van der Waals surface area contributed by atoms with Crippen LogP contribution in [-0.4, -0.2) is 37.5 Å². The van der Waals surface area contributed by atoms with E-state index in [0.717, 1.165) is 25.9 Å². The molecule has 1 aliphatic rings. The van der Waals surface area contributed by atoms with Crippen molar-refractivity contribution in [1.82, 2.24) is 16.0 Å². The molecule has 0 unspecified atom stereocenters. The molecule has 1 amide bonds. The molecule has 1 saturated carbocycles. The Kier molecular flexibility index (Phi) is 7.75. The second-order valence-electron chi connectivity index (χ2n) is 7.31. The average Bonchev–Trinajstić information content (AvgIpc) is 3.14. The maximum absolute atomic E-state index is 12.1. The fraction of sp³-hybridized carbons (Fsp3) is 0.684. The van der Waals surface area contributed by atoms with Gasteiger partial charge in [0.05, 0.1) is 0 Å². The Morgan fingerprint density at radius 3 is 2.68 bits per heavy atom. The zero-order valence-electron chi connectivity index (χ0n) is 15.7. The van der Waals surface area contributed by atoms with Gasteiger partial charge >= 0.3 is 0 Å². The standard InChI is InChI=1S/C19H32N4OS/c1-4-20-18(22-14-19(2,3)16-11-8-12-25-16)21-13-17(24)23-15-9-6-5-7-10-15/h8,11-12,15H,4-7,9-10,13-14H2,1-3H3,(H,23,24)(H2,20,21,22). The lowest BCUT2D eigenvalue weighted by atomic mass is 9.91. The number of amides is 1. The van der Waals surface area contributed by atoms with Crippen molar-refractivity contribution in [3.05, 3.63) is 22.4 Å². The zero-order chi connectivity index (χ0) is 18.1. The number of guanidine groups is 1. The quantitative estimate of drug-likeness (QED) is 0.515. The molecule has 25 heavy (non-hydrogen) atoms. The van der Waals surface area contributed by atoms with Gasteiger partial charge in [-0.2, -0.15) is 0 Å². The Morgan fingerprint density at radius 2 is 2.04 bits per heavy atom. The summed E-state index contributed by atoms with van der Waals surface area (Å²) in [6.45, 7) is 8.17. The first kappa shape index (κ1) is 19.8. The van der Waals surface area contributed by atoms with E-state index in [1.807, 2.05) is 6.92 Å². The maximum atomic E-state index is 12.1. The van der Waals surface area contributed by atoms with E-state index in [2.05, 4.69) is 52.3 Å². The van der Waals surface area contributed by atoms with Crippen LogP contribution in [0.4, 0.5) is 0 Å². The summed E-state index contributed by atoms with van der Waals surface area (Å²) in [6.07, 6.45) is 5.93. The fourth-order valence-electron chi connectivity index (χ4n) is 3.07. The van der Waals surface area contributed by atoms with Gasteiger partial charge in [-0.15, -0.1) is 11.3 Å². The molecule has 0 atom stereocenters. The van der Waals surface area contributed by atoms with E-state index >= 15 is 0 Å². The largest absolute Gasteiger partial charge is 0.357 e. The highest BCUT2D eigenvalue weighted by atomic mass is 32.1. The molecule has 0 radical (unpaired) electrons. The molecular formula is C19H32N4OS. The summed E-state index contributed by atoms with van der Waals surface area (Å²) in [5.74, 6) is 0.715. The third-order valence-electron chi connectivity index (χ3n) is 4.58. The minimum Gasteiger partial charge on any atom is -0.357 e. The van der Waals surface area contributed by atoms with E-state index < -0.39 is 0 Å². The van der Waals surface area contributed by atoms with Crippen molar-refractivity contribution in [2.24, 2.45) is 4.99 Å². The van der Waals surface area contributed by atoms with E-state index in [4.69, 9.17) is 0 Å². The van der Waals surface area contributed by atoms with Crippen molar-refractivity contribution in [1.29, 1.82) is 0 Å². The number of nitrogens with one attached hydrogen (secondary N) is 3. The molecule has 1 heterocycles. The number of nitrogens with zero attached hydrogens (tertiary/aromatic N) is 1. The van der Waals surface area contributed by atoms with Gasteiger partial charge in [0.2, 0.25) is 5.91 Å². The Labute approximate surface area is 155 Å². The summed E-state index contributed by atoms with van der Waals surface area (Å²) in [5, 5.41) is 11.8. The zero-order valence-corrected chi connectivity index (χ0v) is 16.5. The molecule has 140 valence electrons. The van der Waals surface area contributed by atoms with Crippen LogP contribution in [0.15, 0.2) is 22.5 Å². The maximum Gasteiger partial charge on any atom is 0.242 e. The number of hydrogen-bond donors (Lipinski definition) is 3. The lowest BCUT2D eigenvalue weighted by molar-refractivity contribution is -0.120. The van der Waals surface area contributed by atoms with Crippen LogP contribution in [0.2, 0.25) is 0 Å². The number of thiophene rings is 1. The minimum absolute atomic E-state index is 0.0154. The number of aliphatic imine (C=N–C) groups is 1. The van der Waals surface area contributed by atoms with Gasteiger partial charge in [0.1, 0.15) is 6.54 Å². The highest BCUT2D eigenvalue weighted by molar-refractivity contribution is 7.10. The van der Waals surface area contributed by atoms with Crippen molar-refractivity contribution in [2.75, 3.05) is 19.6 Å². The first-order valence-corrected chi connectivity index (χ1v) is 10.2. The summed E-state index contributed by atoms with van der Waals surface area (Å²) in [4.78, 5) is 17.9. The molecule has 1 fully saturated rings. The summed E-state index contributed by atoms with van der Waals surface area (Å²) in [6, 6.07) is 4.58. The van der Waals surface area contributed by atoms with Crippen LogP contribution in [0.5, 0.6) is 0 Å². The molecule has 0 saturated heterocycles. The summed E-state index contributed by atoms with van der Waals surface area (Å²) in [7, 11) is 0. The second kappa shape index (κ2) is 9.80. The minimum atomic E-state index is 0.0154. The molecule has 0 bridgehead atoms. The Balaban J connectivity index is 1.83. The molecule has 2 rings (SSSR count). The van der Waals surface area contributed by atoms with Crippen LogP contribution in [0.25, 0.3) is 0 Å². The van der Waals surface area contributed by atoms with E-state index in [9.17, 15) is 4.79 Å². The second-order valence-corrected chi connectivity index (χ2v) is 8.26. The van der Waals surface area contributed by atoms with E-state index in [1.165, 1.54) is 24.1 Å². The lowest BCUT2D eigenvalue weighted by Crippen LogP contribution is -2.44. The van der Waals surface area contributed by atoms with E-state index in [1.54, 1.807) is 11.3 Å². The van der Waals surface area contributed by atoms with Crippen LogP contribution in [0, 0.1) is 0 Å². The average molecular weight is 365 g/mol. The van der Waals surface area contributed by atoms with Crippen LogP contribution < -0.4 is 16.0 Å². The summed E-state index contributed by atoms with van der Waals surface area (Å²) in [5.41, 5.74) is 0.0225. The molecule has 0 aliphatic heterocycles. The lowest BCUT2D eigenvalue weighted by Gasteiger charge is -2.25. The van der Waals surface area contributed by atoms with Gasteiger partial charge in [0.15, 0.2) is 5.96 Å². The number of hydrogen-bond acceptors (Lipinski definition) is 3. The van der Waals surface area contributed by atoms with E-state index in [0.29, 0.717) is 12.0 Å². The van der Waals surface area contributed by atoms with Gasteiger partial charge in [-0.3, -0.25) is 4.79 Å². The number of carbonyl (C=O) groups excluding carboxylic acids is 1. The van der Waals surface area contributed by atoms with Crippen LogP contribution in [0.3, 0.4) is 0 Å².